The fourth-order valence-corrected chi connectivity index (χ4v) is 4.54. The summed E-state index contributed by atoms with van der Waals surface area (Å²) in [6.07, 6.45) is 4.76. The van der Waals surface area contributed by atoms with Crippen molar-refractivity contribution >= 4 is 23.2 Å². The van der Waals surface area contributed by atoms with Gasteiger partial charge in [0.1, 0.15) is 0 Å². The third kappa shape index (κ3) is 2.50. The Hall–Kier alpha value is -1.62. The van der Waals surface area contributed by atoms with Crippen LogP contribution in [-0.2, 0) is 16.1 Å². The summed E-state index contributed by atoms with van der Waals surface area (Å²) in [4.78, 5) is 26.2. The molecular formula is C16H19NO3S. The highest BCUT2D eigenvalue weighted by Crippen LogP contribution is 2.48. The molecule has 4 unspecified atom stereocenters. The summed E-state index contributed by atoms with van der Waals surface area (Å²) in [5, 5.41) is 12.3. The zero-order valence-corrected chi connectivity index (χ0v) is 12.9. The van der Waals surface area contributed by atoms with E-state index in [-0.39, 0.29) is 17.7 Å². The largest absolute Gasteiger partial charge is 0.481 e. The van der Waals surface area contributed by atoms with E-state index in [0.29, 0.717) is 6.54 Å². The first-order valence-corrected chi connectivity index (χ1v) is 8.03. The Morgan fingerprint density at radius 1 is 1.29 bits per heavy atom. The van der Waals surface area contributed by atoms with Gasteiger partial charge in [0.15, 0.2) is 0 Å². The van der Waals surface area contributed by atoms with E-state index in [2.05, 4.69) is 25.2 Å². The maximum absolute atomic E-state index is 12.4. The zero-order chi connectivity index (χ0) is 15.1. The van der Waals surface area contributed by atoms with Crippen molar-refractivity contribution in [1.29, 1.82) is 0 Å². The molecule has 0 radical (unpaired) electrons. The van der Waals surface area contributed by atoms with Crippen LogP contribution in [0.5, 0.6) is 0 Å². The van der Waals surface area contributed by atoms with Gasteiger partial charge in [-0.25, -0.2) is 0 Å². The molecule has 3 rings (SSSR count). The normalized spacial score (nSPS) is 29.8. The van der Waals surface area contributed by atoms with Gasteiger partial charge in [-0.15, -0.1) is 11.3 Å². The number of allylic oxidation sites excluding steroid dienone is 2. The predicted octanol–water partition coefficient (Wildman–Crippen LogP) is 2.50. The molecule has 2 aliphatic carbocycles. The molecule has 0 aromatic carbocycles. The first-order chi connectivity index (χ1) is 9.97. The molecule has 21 heavy (non-hydrogen) atoms. The molecule has 0 saturated heterocycles. The third-order valence-corrected chi connectivity index (χ3v) is 5.85. The smallest absolute Gasteiger partial charge is 0.307 e. The van der Waals surface area contributed by atoms with Crippen LogP contribution in [0.1, 0.15) is 21.7 Å². The molecule has 4 atom stereocenters. The minimum absolute atomic E-state index is 0.0227. The second-order valence-electron chi connectivity index (χ2n) is 6.01. The number of carbonyl (C=O) groups excluding carboxylic acids is 1. The number of amides is 1. The molecule has 0 spiro atoms. The summed E-state index contributed by atoms with van der Waals surface area (Å²) in [6, 6.07) is 2.08. The van der Waals surface area contributed by atoms with Crippen LogP contribution in [-0.4, -0.2) is 17.0 Å². The summed E-state index contributed by atoms with van der Waals surface area (Å²) in [5.41, 5.74) is 1.23. The van der Waals surface area contributed by atoms with E-state index in [1.807, 2.05) is 12.2 Å². The van der Waals surface area contributed by atoms with Gasteiger partial charge in [0.05, 0.1) is 18.4 Å². The predicted molar refractivity (Wildman–Crippen MR) is 81.0 cm³/mol. The van der Waals surface area contributed by atoms with Crippen LogP contribution in [0.4, 0.5) is 0 Å². The number of aliphatic carboxylic acids is 1. The number of carboxylic acid groups (broad SMARTS) is 1. The van der Waals surface area contributed by atoms with E-state index in [1.54, 1.807) is 11.3 Å². The molecule has 1 aromatic rings. The molecule has 1 amide bonds. The van der Waals surface area contributed by atoms with Crippen molar-refractivity contribution in [3.63, 3.8) is 0 Å². The van der Waals surface area contributed by atoms with Crippen LogP contribution >= 0.6 is 11.3 Å². The number of carbonyl (C=O) groups is 2. The number of fused-ring (bicyclic) bond motifs is 2. The lowest BCUT2D eigenvalue weighted by Crippen LogP contribution is -2.39. The second kappa shape index (κ2) is 5.30. The molecule has 2 N–H and O–H groups in total. The van der Waals surface area contributed by atoms with Crippen LogP contribution in [0.2, 0.25) is 0 Å². The van der Waals surface area contributed by atoms with Gasteiger partial charge < -0.3 is 10.4 Å². The molecule has 1 fully saturated rings. The lowest BCUT2D eigenvalue weighted by atomic mass is 9.82. The van der Waals surface area contributed by atoms with E-state index in [0.717, 1.165) is 11.3 Å². The Labute approximate surface area is 127 Å². The maximum atomic E-state index is 12.4. The Bertz CT molecular complexity index is 600. The molecule has 1 heterocycles. The Morgan fingerprint density at radius 2 is 1.95 bits per heavy atom. The third-order valence-electron chi connectivity index (χ3n) is 4.70. The average molecular weight is 305 g/mol. The van der Waals surface area contributed by atoms with Gasteiger partial charge in [0.25, 0.3) is 0 Å². The van der Waals surface area contributed by atoms with Crippen molar-refractivity contribution in [2.24, 2.45) is 23.7 Å². The number of rotatable bonds is 4. The number of aryl methyl sites for hydroxylation is 2. The van der Waals surface area contributed by atoms with Crippen LogP contribution in [0.15, 0.2) is 18.2 Å². The number of hydrogen-bond donors (Lipinski definition) is 2. The molecule has 5 heteroatoms. The molecule has 1 aromatic heterocycles. The highest BCUT2D eigenvalue weighted by molar-refractivity contribution is 7.12. The van der Waals surface area contributed by atoms with Crippen LogP contribution in [0, 0.1) is 37.5 Å². The summed E-state index contributed by atoms with van der Waals surface area (Å²) in [5.74, 6) is -1.85. The van der Waals surface area contributed by atoms with E-state index in [1.165, 1.54) is 10.4 Å². The Balaban J connectivity index is 1.67. The number of thiophene rings is 1. The topological polar surface area (TPSA) is 66.4 Å². The fourth-order valence-electron chi connectivity index (χ4n) is 3.55. The van der Waals surface area contributed by atoms with Gasteiger partial charge in [-0.2, -0.15) is 0 Å². The average Bonchev–Trinajstić information content (AvgIpc) is 3.11. The van der Waals surface area contributed by atoms with Gasteiger partial charge in [-0.3, -0.25) is 9.59 Å². The van der Waals surface area contributed by atoms with E-state index < -0.39 is 17.8 Å². The van der Waals surface area contributed by atoms with Crippen molar-refractivity contribution in [1.82, 2.24) is 5.32 Å². The highest BCUT2D eigenvalue weighted by Gasteiger charge is 2.51. The molecule has 4 nitrogen and oxygen atoms in total. The van der Waals surface area contributed by atoms with Gasteiger partial charge in [0, 0.05) is 9.75 Å². The zero-order valence-electron chi connectivity index (χ0n) is 12.1. The molecule has 0 aliphatic heterocycles. The number of hydrogen-bond acceptors (Lipinski definition) is 3. The SMILES string of the molecule is Cc1cc(CNC(=O)C2C3C=CC(C3)C2C(=O)O)sc1C. The lowest BCUT2D eigenvalue weighted by molar-refractivity contribution is -0.147. The van der Waals surface area contributed by atoms with E-state index in [9.17, 15) is 14.7 Å². The quantitative estimate of drug-likeness (QED) is 0.840. The van der Waals surface area contributed by atoms with Gasteiger partial charge >= 0.3 is 5.97 Å². The van der Waals surface area contributed by atoms with Crippen molar-refractivity contribution < 1.29 is 14.7 Å². The van der Waals surface area contributed by atoms with Crippen molar-refractivity contribution in [2.45, 2.75) is 26.8 Å². The fraction of sp³-hybridized carbons (Fsp3) is 0.500. The van der Waals surface area contributed by atoms with Gasteiger partial charge in [0.2, 0.25) is 5.91 Å². The van der Waals surface area contributed by atoms with E-state index in [4.69, 9.17) is 0 Å². The summed E-state index contributed by atoms with van der Waals surface area (Å²) in [7, 11) is 0. The molecule has 2 aliphatic rings. The van der Waals surface area contributed by atoms with Crippen LogP contribution in [0.25, 0.3) is 0 Å². The van der Waals surface area contributed by atoms with Gasteiger partial charge in [-0.05, 0) is 43.7 Å². The van der Waals surface area contributed by atoms with Crippen molar-refractivity contribution in [2.75, 3.05) is 0 Å². The second-order valence-corrected chi connectivity index (χ2v) is 7.35. The number of carboxylic acids is 1. The molecule has 1 saturated carbocycles. The Morgan fingerprint density at radius 3 is 2.52 bits per heavy atom. The number of nitrogens with one attached hydrogen (secondary N) is 1. The first kappa shape index (κ1) is 14.3. The minimum Gasteiger partial charge on any atom is -0.481 e. The van der Waals surface area contributed by atoms with Crippen molar-refractivity contribution in [3.05, 3.63) is 33.5 Å². The first-order valence-electron chi connectivity index (χ1n) is 7.22. The molecule has 112 valence electrons. The Kier molecular flexibility index (Phi) is 3.61. The standard InChI is InChI=1S/C16H19NO3S/c1-8-5-12(21-9(8)2)7-17-15(18)13-10-3-4-11(6-10)14(13)16(19)20/h3-5,10-11,13-14H,6-7H2,1-2H3,(H,17,18)(H,19,20). The molecule has 2 bridgehead atoms. The lowest BCUT2D eigenvalue weighted by Gasteiger charge is -2.23. The summed E-state index contributed by atoms with van der Waals surface area (Å²) in [6.45, 7) is 4.60. The molecular weight excluding hydrogens is 286 g/mol. The monoisotopic (exact) mass is 305 g/mol. The van der Waals surface area contributed by atoms with Crippen molar-refractivity contribution in [3.8, 4) is 0 Å². The minimum atomic E-state index is -0.852. The van der Waals surface area contributed by atoms with Crippen LogP contribution < -0.4 is 5.32 Å². The maximum Gasteiger partial charge on any atom is 0.307 e. The van der Waals surface area contributed by atoms with Gasteiger partial charge in [-0.1, -0.05) is 12.2 Å². The summed E-state index contributed by atoms with van der Waals surface area (Å²) < 4.78 is 0. The highest BCUT2D eigenvalue weighted by atomic mass is 32.1. The summed E-state index contributed by atoms with van der Waals surface area (Å²) >= 11 is 1.68. The van der Waals surface area contributed by atoms with E-state index >= 15 is 0 Å². The van der Waals surface area contributed by atoms with Crippen LogP contribution in [0.3, 0.4) is 0 Å².